The van der Waals surface area contributed by atoms with Crippen molar-refractivity contribution >= 4 is 17.4 Å². The molecule has 0 atom stereocenters. The molecule has 11 heavy (non-hydrogen) atoms. The zero-order valence-corrected chi connectivity index (χ0v) is 6.28. The summed E-state index contributed by atoms with van der Waals surface area (Å²) in [6, 6.07) is 1.56. The Bertz CT molecular complexity index is 287. The second-order valence-electron chi connectivity index (χ2n) is 1.84. The largest absolute Gasteiger partial charge is 0.409 e. The van der Waals surface area contributed by atoms with Gasteiger partial charge in [0.1, 0.15) is 0 Å². The van der Waals surface area contributed by atoms with Crippen molar-refractivity contribution in [3.63, 3.8) is 0 Å². The minimum absolute atomic E-state index is 0.0388. The fraction of sp³-hybridized carbons (Fsp3) is 0. The number of hydrogen-bond donors (Lipinski definition) is 2. The Morgan fingerprint density at radius 2 is 2.45 bits per heavy atom. The quantitative estimate of drug-likeness (QED) is 0.285. The van der Waals surface area contributed by atoms with Gasteiger partial charge in [-0.2, -0.15) is 0 Å². The topological polar surface area (TPSA) is 71.5 Å². The highest BCUT2D eigenvalue weighted by molar-refractivity contribution is 6.33. The molecule has 1 aromatic heterocycles. The molecule has 58 valence electrons. The summed E-state index contributed by atoms with van der Waals surface area (Å²) in [5.41, 5.74) is 5.70. The van der Waals surface area contributed by atoms with E-state index < -0.39 is 0 Å². The van der Waals surface area contributed by atoms with E-state index in [0.717, 1.165) is 0 Å². The summed E-state index contributed by atoms with van der Waals surface area (Å²) >= 11 is 5.69. The molecule has 5 heteroatoms. The molecule has 0 fully saturated rings. The lowest BCUT2D eigenvalue weighted by molar-refractivity contribution is 0.318. The van der Waals surface area contributed by atoms with Crippen molar-refractivity contribution in [3.8, 4) is 0 Å². The van der Waals surface area contributed by atoms with Crippen LogP contribution in [-0.2, 0) is 0 Å². The van der Waals surface area contributed by atoms with Gasteiger partial charge >= 0.3 is 0 Å². The van der Waals surface area contributed by atoms with Gasteiger partial charge in [0.05, 0.1) is 10.6 Å². The number of rotatable bonds is 1. The normalized spacial score (nSPS) is 11.5. The molecule has 0 saturated heterocycles. The number of hydrogen-bond acceptors (Lipinski definition) is 3. The highest BCUT2D eigenvalue weighted by Crippen LogP contribution is 2.12. The van der Waals surface area contributed by atoms with E-state index >= 15 is 0 Å². The Morgan fingerprint density at radius 1 is 1.73 bits per heavy atom. The number of nitrogens with zero attached hydrogens (tertiary/aromatic N) is 2. The average molecular weight is 172 g/mol. The van der Waals surface area contributed by atoms with E-state index in [0.29, 0.717) is 10.6 Å². The van der Waals surface area contributed by atoms with Crippen LogP contribution in [0, 0.1) is 0 Å². The van der Waals surface area contributed by atoms with Gasteiger partial charge in [-0.05, 0) is 6.07 Å². The highest BCUT2D eigenvalue weighted by Gasteiger charge is 2.02. The van der Waals surface area contributed by atoms with Gasteiger partial charge in [0.25, 0.3) is 0 Å². The molecule has 1 rings (SSSR count). The van der Waals surface area contributed by atoms with Crippen LogP contribution in [0.2, 0.25) is 5.02 Å². The number of oxime groups is 1. The molecular formula is C6H6ClN3O. The third-order valence-corrected chi connectivity index (χ3v) is 1.48. The van der Waals surface area contributed by atoms with Gasteiger partial charge in [-0.15, -0.1) is 0 Å². The van der Waals surface area contributed by atoms with Crippen LogP contribution >= 0.6 is 11.6 Å². The molecule has 0 unspecified atom stereocenters. The summed E-state index contributed by atoms with van der Waals surface area (Å²) in [6.07, 6.45) is 2.95. The molecule has 3 N–H and O–H groups in total. The van der Waals surface area contributed by atoms with Crippen LogP contribution in [0.3, 0.4) is 0 Å². The maximum Gasteiger partial charge on any atom is 0.173 e. The first-order valence-corrected chi connectivity index (χ1v) is 3.21. The second kappa shape index (κ2) is 3.21. The zero-order valence-electron chi connectivity index (χ0n) is 5.53. The predicted octanol–water partition coefficient (Wildman–Crippen LogP) is 0.829. The van der Waals surface area contributed by atoms with E-state index in [-0.39, 0.29) is 5.84 Å². The molecule has 0 saturated carbocycles. The summed E-state index contributed by atoms with van der Waals surface area (Å²) in [5, 5.41) is 11.5. The zero-order chi connectivity index (χ0) is 8.27. The van der Waals surface area contributed by atoms with Crippen molar-refractivity contribution in [1.82, 2.24) is 4.98 Å². The maximum atomic E-state index is 8.29. The average Bonchev–Trinajstić information content (AvgIpc) is 2.04. The highest BCUT2D eigenvalue weighted by atomic mass is 35.5. The summed E-state index contributed by atoms with van der Waals surface area (Å²) in [5.74, 6) is -0.0388. The molecule has 1 aromatic rings. The lowest BCUT2D eigenvalue weighted by Crippen LogP contribution is -2.13. The summed E-state index contributed by atoms with van der Waals surface area (Å²) in [7, 11) is 0. The second-order valence-corrected chi connectivity index (χ2v) is 2.25. The van der Waals surface area contributed by atoms with E-state index in [1.54, 1.807) is 6.07 Å². The van der Waals surface area contributed by atoms with E-state index in [4.69, 9.17) is 22.5 Å². The Labute approximate surface area is 68.3 Å². The molecule has 0 aliphatic rings. The van der Waals surface area contributed by atoms with Crippen LogP contribution in [-0.4, -0.2) is 16.0 Å². The Balaban J connectivity index is 3.14. The minimum atomic E-state index is -0.0388. The van der Waals surface area contributed by atoms with Gasteiger partial charge in [0, 0.05) is 12.4 Å². The van der Waals surface area contributed by atoms with Crippen molar-refractivity contribution in [3.05, 3.63) is 29.0 Å². The summed E-state index contributed by atoms with van der Waals surface area (Å²) in [6.45, 7) is 0. The van der Waals surface area contributed by atoms with Gasteiger partial charge in [-0.3, -0.25) is 4.98 Å². The van der Waals surface area contributed by atoms with Gasteiger partial charge < -0.3 is 10.9 Å². The SMILES string of the molecule is N/C(=N\O)c1cnccc1Cl. The molecule has 4 nitrogen and oxygen atoms in total. The van der Waals surface area contributed by atoms with Crippen molar-refractivity contribution in [2.75, 3.05) is 0 Å². The third-order valence-electron chi connectivity index (χ3n) is 1.15. The predicted molar refractivity (Wildman–Crippen MR) is 41.8 cm³/mol. The smallest absolute Gasteiger partial charge is 0.173 e. The number of amidine groups is 1. The Kier molecular flexibility index (Phi) is 2.28. The van der Waals surface area contributed by atoms with E-state index in [1.807, 2.05) is 0 Å². The molecule has 0 radical (unpaired) electrons. The van der Waals surface area contributed by atoms with Crippen LogP contribution in [0.5, 0.6) is 0 Å². The molecule has 0 aliphatic heterocycles. The van der Waals surface area contributed by atoms with Gasteiger partial charge in [-0.1, -0.05) is 16.8 Å². The monoisotopic (exact) mass is 171 g/mol. The Morgan fingerprint density at radius 3 is 3.00 bits per heavy atom. The van der Waals surface area contributed by atoms with Crippen molar-refractivity contribution in [2.45, 2.75) is 0 Å². The van der Waals surface area contributed by atoms with Crippen LogP contribution in [0.15, 0.2) is 23.6 Å². The Hall–Kier alpha value is -1.29. The van der Waals surface area contributed by atoms with E-state index in [1.165, 1.54) is 12.4 Å². The number of nitrogens with two attached hydrogens (primary N) is 1. The van der Waals surface area contributed by atoms with Gasteiger partial charge in [-0.25, -0.2) is 0 Å². The van der Waals surface area contributed by atoms with Crippen LogP contribution in [0.1, 0.15) is 5.56 Å². The molecule has 1 heterocycles. The van der Waals surface area contributed by atoms with Crippen LogP contribution in [0.25, 0.3) is 0 Å². The first-order valence-electron chi connectivity index (χ1n) is 2.83. The van der Waals surface area contributed by atoms with E-state index in [9.17, 15) is 0 Å². The standard InChI is InChI=1S/C6H6ClN3O/c7-5-1-2-9-3-4(5)6(8)10-11/h1-3,11H,(H2,8,10). The lowest BCUT2D eigenvalue weighted by Gasteiger charge is -1.98. The number of aromatic nitrogens is 1. The first kappa shape index (κ1) is 7.81. The summed E-state index contributed by atoms with van der Waals surface area (Å²) in [4.78, 5) is 3.76. The number of halogens is 1. The first-order chi connectivity index (χ1) is 5.25. The number of pyridine rings is 1. The molecule has 0 amide bonds. The van der Waals surface area contributed by atoms with Gasteiger partial charge in [0.15, 0.2) is 5.84 Å². The van der Waals surface area contributed by atoms with Gasteiger partial charge in [0.2, 0.25) is 0 Å². The third kappa shape index (κ3) is 1.59. The lowest BCUT2D eigenvalue weighted by atomic mass is 10.3. The molecule has 0 spiro atoms. The molecule has 0 aliphatic carbocycles. The van der Waals surface area contributed by atoms with Crippen LogP contribution < -0.4 is 5.73 Å². The van der Waals surface area contributed by atoms with Crippen molar-refractivity contribution in [2.24, 2.45) is 10.9 Å². The summed E-state index contributed by atoms with van der Waals surface area (Å²) < 4.78 is 0. The molecule has 0 aromatic carbocycles. The fourth-order valence-electron chi connectivity index (χ4n) is 0.620. The molecule has 0 bridgehead atoms. The van der Waals surface area contributed by atoms with E-state index in [2.05, 4.69) is 10.1 Å². The maximum absolute atomic E-state index is 8.29. The minimum Gasteiger partial charge on any atom is -0.409 e. The van der Waals surface area contributed by atoms with Crippen molar-refractivity contribution < 1.29 is 5.21 Å². The van der Waals surface area contributed by atoms with Crippen molar-refractivity contribution in [1.29, 1.82) is 0 Å². The van der Waals surface area contributed by atoms with Crippen LogP contribution in [0.4, 0.5) is 0 Å². The molecular weight excluding hydrogens is 166 g/mol. The fourth-order valence-corrected chi connectivity index (χ4v) is 0.822.